The van der Waals surface area contributed by atoms with Crippen molar-refractivity contribution in [2.75, 3.05) is 18.2 Å². The molecule has 0 spiro atoms. The molecule has 0 atom stereocenters. The molecule has 0 saturated carbocycles. The van der Waals surface area contributed by atoms with Gasteiger partial charge in [0, 0.05) is 18.8 Å². The van der Waals surface area contributed by atoms with E-state index in [1.165, 1.54) is 5.01 Å². The van der Waals surface area contributed by atoms with Crippen molar-refractivity contribution in [2.45, 2.75) is 20.4 Å². The van der Waals surface area contributed by atoms with Crippen LogP contribution in [0.5, 0.6) is 17.4 Å². The van der Waals surface area contributed by atoms with Gasteiger partial charge in [0.25, 0.3) is 11.8 Å². The monoisotopic (exact) mass is 459 g/mol. The standard InChI is InChI=1S/C25H25N5O4/c1-3-33-20-8-10-21(11-9-20)34-22-14-18(12-13-26-22)15-28-25(32)24-27-16-23(31)30(29-24)19-6-4-17(2)5-7-19/h4-14H,3,15-16H2,1-2H3,(H,27,29)(H,28,32). The fourth-order valence-corrected chi connectivity index (χ4v) is 3.22. The summed E-state index contributed by atoms with van der Waals surface area (Å²) in [6, 6.07) is 18.2. The largest absolute Gasteiger partial charge is 0.494 e. The first-order valence-corrected chi connectivity index (χ1v) is 10.9. The quantitative estimate of drug-likeness (QED) is 0.536. The van der Waals surface area contributed by atoms with Crippen molar-refractivity contribution in [1.29, 1.82) is 0 Å². The highest BCUT2D eigenvalue weighted by Crippen LogP contribution is 2.23. The molecular weight excluding hydrogens is 434 g/mol. The predicted octanol–water partition coefficient (Wildman–Crippen LogP) is 3.15. The number of carbonyl (C=O) groups is 2. The molecule has 2 amide bonds. The molecule has 1 aromatic heterocycles. The molecule has 1 aliphatic rings. The number of amidine groups is 1. The van der Waals surface area contributed by atoms with Crippen LogP contribution in [0.1, 0.15) is 18.1 Å². The summed E-state index contributed by atoms with van der Waals surface area (Å²) in [6.07, 6.45) is 1.61. The van der Waals surface area contributed by atoms with Crippen LogP contribution in [0.15, 0.2) is 71.9 Å². The highest BCUT2D eigenvalue weighted by atomic mass is 16.5. The molecular formula is C25H25N5O4. The number of aliphatic imine (C=N–C) groups is 1. The minimum atomic E-state index is -0.421. The maximum Gasteiger partial charge on any atom is 0.288 e. The number of hydrogen-bond acceptors (Lipinski definition) is 7. The summed E-state index contributed by atoms with van der Waals surface area (Å²) in [5.41, 5.74) is 5.32. The second-order valence-corrected chi connectivity index (χ2v) is 7.53. The molecule has 1 aliphatic heterocycles. The lowest BCUT2D eigenvalue weighted by atomic mass is 10.2. The number of carbonyl (C=O) groups excluding carboxylic acids is 2. The van der Waals surface area contributed by atoms with Gasteiger partial charge in [-0.3, -0.25) is 20.0 Å². The second kappa shape index (κ2) is 10.5. The minimum Gasteiger partial charge on any atom is -0.494 e. The van der Waals surface area contributed by atoms with Crippen LogP contribution in [0.2, 0.25) is 0 Å². The van der Waals surface area contributed by atoms with E-state index in [1.807, 2.05) is 50.2 Å². The second-order valence-electron chi connectivity index (χ2n) is 7.53. The number of nitrogens with one attached hydrogen (secondary N) is 2. The average molecular weight is 460 g/mol. The number of aryl methyl sites for hydroxylation is 1. The number of rotatable bonds is 8. The molecule has 0 unspecified atom stereocenters. The molecule has 2 N–H and O–H groups in total. The summed E-state index contributed by atoms with van der Waals surface area (Å²) >= 11 is 0. The van der Waals surface area contributed by atoms with Crippen LogP contribution in [-0.2, 0) is 16.1 Å². The van der Waals surface area contributed by atoms with Crippen molar-refractivity contribution < 1.29 is 19.1 Å². The van der Waals surface area contributed by atoms with Crippen molar-refractivity contribution in [1.82, 2.24) is 15.7 Å². The molecule has 3 aromatic rings. The summed E-state index contributed by atoms with van der Waals surface area (Å²) in [5, 5.41) is 4.14. The Kier molecular flexibility index (Phi) is 7.02. The number of benzene rings is 2. The van der Waals surface area contributed by atoms with Gasteiger partial charge >= 0.3 is 0 Å². The normalized spacial score (nSPS) is 13.1. The number of pyridine rings is 1. The molecule has 9 nitrogen and oxygen atoms in total. The van der Waals surface area contributed by atoms with Gasteiger partial charge in [0.1, 0.15) is 18.0 Å². The summed E-state index contributed by atoms with van der Waals surface area (Å²) in [4.78, 5) is 33.2. The van der Waals surface area contributed by atoms with Gasteiger partial charge in [-0.25, -0.2) is 9.99 Å². The molecule has 174 valence electrons. The van der Waals surface area contributed by atoms with Crippen molar-refractivity contribution >= 4 is 23.3 Å². The first-order valence-electron chi connectivity index (χ1n) is 10.9. The molecule has 0 bridgehead atoms. The van der Waals surface area contributed by atoms with Gasteiger partial charge in [0.15, 0.2) is 0 Å². The average Bonchev–Trinajstić information content (AvgIpc) is 2.85. The van der Waals surface area contributed by atoms with Crippen molar-refractivity contribution in [3.63, 3.8) is 0 Å². The highest BCUT2D eigenvalue weighted by molar-refractivity contribution is 6.39. The van der Waals surface area contributed by atoms with Crippen molar-refractivity contribution in [3.8, 4) is 17.4 Å². The Labute approximate surface area is 197 Å². The van der Waals surface area contributed by atoms with Crippen LogP contribution in [0.3, 0.4) is 0 Å². The zero-order chi connectivity index (χ0) is 23.9. The van der Waals surface area contributed by atoms with Gasteiger partial charge in [-0.2, -0.15) is 0 Å². The number of aromatic nitrogens is 1. The molecule has 2 heterocycles. The zero-order valence-corrected chi connectivity index (χ0v) is 18.9. The summed E-state index contributed by atoms with van der Waals surface area (Å²) < 4.78 is 11.2. The van der Waals surface area contributed by atoms with E-state index < -0.39 is 5.91 Å². The minimum absolute atomic E-state index is 0.0695. The van der Waals surface area contributed by atoms with E-state index in [-0.39, 0.29) is 24.8 Å². The Morgan fingerprint density at radius 1 is 1.09 bits per heavy atom. The third kappa shape index (κ3) is 5.69. The molecule has 9 heteroatoms. The maximum atomic E-state index is 12.7. The van der Waals surface area contributed by atoms with Crippen LogP contribution < -0.4 is 25.2 Å². The highest BCUT2D eigenvalue weighted by Gasteiger charge is 2.25. The van der Waals surface area contributed by atoms with E-state index in [0.29, 0.717) is 23.9 Å². The van der Waals surface area contributed by atoms with Crippen LogP contribution in [0, 0.1) is 6.92 Å². The number of nitrogens with zero attached hydrogens (tertiary/aromatic N) is 3. The van der Waals surface area contributed by atoms with Gasteiger partial charge in [-0.05, 0) is 61.9 Å². The fraction of sp³-hybridized carbons (Fsp3) is 0.200. The lowest BCUT2D eigenvalue weighted by Gasteiger charge is -2.27. The number of hydrogen-bond donors (Lipinski definition) is 2. The van der Waals surface area contributed by atoms with E-state index in [4.69, 9.17) is 9.47 Å². The van der Waals surface area contributed by atoms with Crippen LogP contribution in [-0.4, -0.2) is 35.8 Å². The van der Waals surface area contributed by atoms with Gasteiger partial charge in [-0.15, -0.1) is 0 Å². The van der Waals surface area contributed by atoms with Crippen LogP contribution in [0.25, 0.3) is 0 Å². The third-order valence-electron chi connectivity index (χ3n) is 4.96. The van der Waals surface area contributed by atoms with Crippen molar-refractivity contribution in [3.05, 3.63) is 78.0 Å². The first-order chi connectivity index (χ1) is 16.5. The van der Waals surface area contributed by atoms with Crippen molar-refractivity contribution in [2.24, 2.45) is 4.99 Å². The first kappa shape index (κ1) is 22.8. The van der Waals surface area contributed by atoms with Crippen LogP contribution in [0.4, 0.5) is 5.69 Å². The lowest BCUT2D eigenvalue weighted by molar-refractivity contribution is -0.118. The zero-order valence-electron chi connectivity index (χ0n) is 18.9. The van der Waals surface area contributed by atoms with Gasteiger partial charge in [-0.1, -0.05) is 17.7 Å². The summed E-state index contributed by atoms with van der Waals surface area (Å²) in [7, 11) is 0. The molecule has 4 rings (SSSR count). The molecule has 0 aliphatic carbocycles. The number of anilines is 1. The van der Waals surface area contributed by atoms with Crippen LogP contribution >= 0.6 is 0 Å². The Morgan fingerprint density at radius 3 is 2.56 bits per heavy atom. The summed E-state index contributed by atoms with van der Waals surface area (Å²) in [5.74, 6) is 1.20. The Balaban J connectivity index is 1.35. The Morgan fingerprint density at radius 2 is 1.82 bits per heavy atom. The van der Waals surface area contributed by atoms with E-state index in [9.17, 15) is 9.59 Å². The number of amides is 2. The Bertz CT molecular complexity index is 1190. The fourth-order valence-electron chi connectivity index (χ4n) is 3.22. The van der Waals surface area contributed by atoms with Gasteiger partial charge in [0.2, 0.25) is 11.7 Å². The molecule has 0 fully saturated rings. The van der Waals surface area contributed by atoms with E-state index in [0.717, 1.165) is 16.9 Å². The topological polar surface area (TPSA) is 105 Å². The SMILES string of the molecule is CCOc1ccc(Oc2cc(CNC(=O)C3=NCC(=O)N(c4ccc(C)cc4)N3)ccn2)cc1. The predicted molar refractivity (Wildman–Crippen MR) is 128 cm³/mol. The van der Waals surface area contributed by atoms with E-state index >= 15 is 0 Å². The summed E-state index contributed by atoms with van der Waals surface area (Å²) in [6.45, 7) is 4.61. The molecule has 34 heavy (non-hydrogen) atoms. The lowest BCUT2D eigenvalue weighted by Crippen LogP contribution is -2.55. The Hall–Kier alpha value is -4.40. The van der Waals surface area contributed by atoms with E-state index in [1.54, 1.807) is 30.5 Å². The van der Waals surface area contributed by atoms with Gasteiger partial charge < -0.3 is 14.8 Å². The smallest absolute Gasteiger partial charge is 0.288 e. The molecule has 0 saturated heterocycles. The number of ether oxygens (including phenoxy) is 2. The van der Waals surface area contributed by atoms with E-state index in [2.05, 4.69) is 20.7 Å². The van der Waals surface area contributed by atoms with Gasteiger partial charge in [0.05, 0.1) is 12.3 Å². The third-order valence-corrected chi connectivity index (χ3v) is 4.96. The molecule has 2 aromatic carbocycles. The number of hydrazine groups is 1. The molecule has 0 radical (unpaired) electrons. The maximum absolute atomic E-state index is 12.7.